The normalized spacial score (nSPS) is 15.9. The summed E-state index contributed by atoms with van der Waals surface area (Å²) in [6.45, 7) is 0.686. The fraction of sp³-hybridized carbons (Fsp3) is 0.444. The van der Waals surface area contributed by atoms with Crippen molar-refractivity contribution >= 4 is 27.7 Å². The molecular formula is C9H10BrN3O2. The van der Waals surface area contributed by atoms with E-state index in [1.165, 1.54) is 7.11 Å². The number of halogens is 1. The van der Waals surface area contributed by atoms with Gasteiger partial charge in [-0.1, -0.05) is 0 Å². The number of amides is 1. The molecule has 0 atom stereocenters. The molecule has 0 N–H and O–H groups in total. The average Bonchev–Trinajstić information content (AvgIpc) is 2.64. The number of hydrogen-bond acceptors (Lipinski definition) is 4. The Balaban J connectivity index is 2.38. The third-order valence-corrected chi connectivity index (χ3v) is 2.60. The molecule has 1 aromatic rings. The fourth-order valence-electron chi connectivity index (χ4n) is 1.54. The van der Waals surface area contributed by atoms with Crippen LogP contribution in [0, 0.1) is 0 Å². The van der Waals surface area contributed by atoms with Gasteiger partial charge in [-0.2, -0.15) is 0 Å². The van der Waals surface area contributed by atoms with Crippen LogP contribution in [0.5, 0.6) is 5.88 Å². The molecule has 1 amide bonds. The van der Waals surface area contributed by atoms with Crippen LogP contribution >= 0.6 is 15.9 Å². The molecule has 0 bridgehead atoms. The summed E-state index contributed by atoms with van der Waals surface area (Å²) in [6.07, 6.45) is 2.99. The monoisotopic (exact) mass is 271 g/mol. The lowest BCUT2D eigenvalue weighted by Gasteiger charge is -2.16. The van der Waals surface area contributed by atoms with E-state index < -0.39 is 0 Å². The van der Waals surface area contributed by atoms with Crippen LogP contribution in [0.4, 0.5) is 5.82 Å². The van der Waals surface area contributed by atoms with Crippen LogP contribution in [0.1, 0.15) is 12.8 Å². The second-order valence-electron chi connectivity index (χ2n) is 3.17. The summed E-state index contributed by atoms with van der Waals surface area (Å²) in [5, 5.41) is 0. The average molecular weight is 272 g/mol. The first-order chi connectivity index (χ1) is 7.22. The van der Waals surface area contributed by atoms with Crippen LogP contribution in [0.3, 0.4) is 0 Å². The van der Waals surface area contributed by atoms with E-state index in [-0.39, 0.29) is 5.91 Å². The molecule has 0 spiro atoms. The molecule has 2 rings (SSSR count). The molecule has 2 heterocycles. The first-order valence-electron chi connectivity index (χ1n) is 4.59. The maximum Gasteiger partial charge on any atom is 0.258 e. The van der Waals surface area contributed by atoms with Crippen LogP contribution in [0.25, 0.3) is 0 Å². The molecule has 1 saturated heterocycles. The maximum absolute atomic E-state index is 11.5. The van der Waals surface area contributed by atoms with Gasteiger partial charge in [0.15, 0.2) is 5.82 Å². The Hall–Kier alpha value is -1.17. The van der Waals surface area contributed by atoms with Gasteiger partial charge >= 0.3 is 0 Å². The van der Waals surface area contributed by atoms with Crippen molar-refractivity contribution in [1.82, 2.24) is 9.97 Å². The van der Waals surface area contributed by atoms with E-state index in [4.69, 9.17) is 4.74 Å². The van der Waals surface area contributed by atoms with E-state index in [9.17, 15) is 4.79 Å². The van der Waals surface area contributed by atoms with E-state index in [0.29, 0.717) is 29.3 Å². The molecule has 80 valence electrons. The molecular weight excluding hydrogens is 262 g/mol. The number of hydrogen-bond donors (Lipinski definition) is 0. The van der Waals surface area contributed by atoms with Crippen LogP contribution in [0.15, 0.2) is 10.8 Å². The number of anilines is 1. The number of carbonyl (C=O) groups excluding carboxylic acids is 1. The lowest BCUT2D eigenvalue weighted by Crippen LogP contribution is -2.25. The van der Waals surface area contributed by atoms with E-state index in [0.717, 1.165) is 6.42 Å². The zero-order chi connectivity index (χ0) is 10.8. The van der Waals surface area contributed by atoms with Gasteiger partial charge < -0.3 is 4.74 Å². The summed E-state index contributed by atoms with van der Waals surface area (Å²) in [5.41, 5.74) is 0. The number of carbonyl (C=O) groups is 1. The number of ether oxygens (including phenoxy) is 1. The minimum absolute atomic E-state index is 0.0740. The van der Waals surface area contributed by atoms with Gasteiger partial charge in [0.1, 0.15) is 4.60 Å². The molecule has 1 fully saturated rings. The van der Waals surface area contributed by atoms with Gasteiger partial charge in [0.2, 0.25) is 5.91 Å². The van der Waals surface area contributed by atoms with Crippen molar-refractivity contribution in [3.63, 3.8) is 0 Å². The lowest BCUT2D eigenvalue weighted by atomic mass is 10.4. The quantitative estimate of drug-likeness (QED) is 0.816. The Kier molecular flexibility index (Phi) is 2.86. The molecule has 0 radical (unpaired) electrons. The Morgan fingerprint density at radius 1 is 1.60 bits per heavy atom. The molecule has 0 aliphatic carbocycles. The third kappa shape index (κ3) is 1.94. The van der Waals surface area contributed by atoms with Gasteiger partial charge in [0.25, 0.3) is 5.88 Å². The molecule has 1 aromatic heterocycles. The minimum atomic E-state index is 0.0740. The van der Waals surface area contributed by atoms with E-state index in [1.54, 1.807) is 11.1 Å². The van der Waals surface area contributed by atoms with Crippen molar-refractivity contribution in [3.8, 4) is 5.88 Å². The van der Waals surface area contributed by atoms with Crippen LogP contribution in [0.2, 0.25) is 0 Å². The standard InChI is InChI=1S/C9H10BrN3O2/c1-15-9-8(11-5-6(10)12-9)13-4-2-3-7(13)14/h5H,2-4H2,1H3. The van der Waals surface area contributed by atoms with Crippen molar-refractivity contribution in [2.75, 3.05) is 18.6 Å². The smallest absolute Gasteiger partial charge is 0.258 e. The van der Waals surface area contributed by atoms with E-state index in [1.807, 2.05) is 0 Å². The summed E-state index contributed by atoms with van der Waals surface area (Å²) >= 11 is 3.20. The number of aromatic nitrogens is 2. The van der Waals surface area contributed by atoms with Gasteiger partial charge in [-0.15, -0.1) is 0 Å². The highest BCUT2D eigenvalue weighted by molar-refractivity contribution is 9.10. The highest BCUT2D eigenvalue weighted by Crippen LogP contribution is 2.28. The zero-order valence-corrected chi connectivity index (χ0v) is 9.82. The van der Waals surface area contributed by atoms with Gasteiger partial charge in [-0.05, 0) is 22.4 Å². The van der Waals surface area contributed by atoms with Gasteiger partial charge in [-0.3, -0.25) is 9.69 Å². The topological polar surface area (TPSA) is 55.3 Å². The van der Waals surface area contributed by atoms with Gasteiger partial charge in [0.05, 0.1) is 13.3 Å². The van der Waals surface area contributed by atoms with E-state index in [2.05, 4.69) is 25.9 Å². The number of methoxy groups -OCH3 is 1. The predicted octanol–water partition coefficient (Wildman–Crippen LogP) is 1.37. The second kappa shape index (κ2) is 4.14. The van der Waals surface area contributed by atoms with Crippen molar-refractivity contribution < 1.29 is 9.53 Å². The molecule has 5 nitrogen and oxygen atoms in total. The molecule has 0 aromatic carbocycles. The lowest BCUT2D eigenvalue weighted by molar-refractivity contribution is -0.117. The first-order valence-corrected chi connectivity index (χ1v) is 5.38. The van der Waals surface area contributed by atoms with Gasteiger partial charge in [0, 0.05) is 13.0 Å². The SMILES string of the molecule is COc1nc(Br)cnc1N1CCCC1=O. The molecule has 15 heavy (non-hydrogen) atoms. The van der Waals surface area contributed by atoms with Crippen molar-refractivity contribution in [1.29, 1.82) is 0 Å². The van der Waals surface area contributed by atoms with Gasteiger partial charge in [-0.25, -0.2) is 9.97 Å². The fourth-order valence-corrected chi connectivity index (χ4v) is 1.80. The largest absolute Gasteiger partial charge is 0.478 e. The minimum Gasteiger partial charge on any atom is -0.478 e. The summed E-state index contributed by atoms with van der Waals surface area (Å²) in [4.78, 5) is 21.4. The first kappa shape index (κ1) is 10.4. The second-order valence-corrected chi connectivity index (χ2v) is 3.99. The molecule has 0 unspecified atom stereocenters. The van der Waals surface area contributed by atoms with E-state index >= 15 is 0 Å². The Bertz CT molecular complexity index is 397. The highest BCUT2D eigenvalue weighted by Gasteiger charge is 2.26. The molecule has 6 heteroatoms. The summed E-state index contributed by atoms with van der Waals surface area (Å²) < 4.78 is 5.68. The van der Waals surface area contributed by atoms with Crippen LogP contribution < -0.4 is 9.64 Å². The van der Waals surface area contributed by atoms with Crippen molar-refractivity contribution in [3.05, 3.63) is 10.8 Å². The van der Waals surface area contributed by atoms with Crippen molar-refractivity contribution in [2.24, 2.45) is 0 Å². The molecule has 1 aliphatic heterocycles. The summed E-state index contributed by atoms with van der Waals surface area (Å²) in [6, 6.07) is 0. The predicted molar refractivity (Wildman–Crippen MR) is 57.9 cm³/mol. The summed E-state index contributed by atoms with van der Waals surface area (Å²) in [7, 11) is 1.51. The third-order valence-electron chi connectivity index (χ3n) is 2.22. The molecule has 1 aliphatic rings. The Labute approximate surface area is 95.6 Å². The summed E-state index contributed by atoms with van der Waals surface area (Å²) in [5.74, 6) is 0.952. The Morgan fingerprint density at radius 2 is 2.40 bits per heavy atom. The van der Waals surface area contributed by atoms with Crippen LogP contribution in [-0.2, 0) is 4.79 Å². The zero-order valence-electron chi connectivity index (χ0n) is 8.23. The Morgan fingerprint density at radius 3 is 3.00 bits per heavy atom. The molecule has 0 saturated carbocycles. The van der Waals surface area contributed by atoms with Crippen LogP contribution in [-0.4, -0.2) is 29.5 Å². The number of nitrogens with zero attached hydrogens (tertiary/aromatic N) is 3. The highest BCUT2D eigenvalue weighted by atomic mass is 79.9. The number of rotatable bonds is 2. The van der Waals surface area contributed by atoms with Crippen molar-refractivity contribution in [2.45, 2.75) is 12.8 Å². The maximum atomic E-state index is 11.5.